The van der Waals surface area contributed by atoms with Gasteiger partial charge in [-0.15, -0.1) is 0 Å². The van der Waals surface area contributed by atoms with Gasteiger partial charge in [0.25, 0.3) is 10.0 Å². The van der Waals surface area contributed by atoms with Crippen LogP contribution in [0, 0.1) is 18.3 Å². The molecule has 0 unspecified atom stereocenters. The molecular formula is C21H28N2O4S. The predicted molar refractivity (Wildman–Crippen MR) is 107 cm³/mol. The normalized spacial score (nSPS) is 29.6. The highest BCUT2D eigenvalue weighted by molar-refractivity contribution is 7.89. The fourth-order valence-electron chi connectivity index (χ4n) is 4.61. The van der Waals surface area contributed by atoms with Crippen LogP contribution in [0.2, 0.25) is 0 Å². The number of rotatable bonds is 4. The highest BCUT2D eigenvalue weighted by atomic mass is 32.2. The molecule has 1 aliphatic heterocycles. The standard InChI is InChI=1S/C21H28N2O4S/c1-16-6-8-19(9-7-16)28(24,25)23-22-15-18-5-3-4-17-14-21(26-12-13-27-21)11-10-20(17,18)2/h6-9,14-15,18,23H,3-5,10-13H2,1-2H3/b22-15+/t18-,20+/m1/s1. The summed E-state index contributed by atoms with van der Waals surface area (Å²) < 4.78 is 36.6. The minimum absolute atomic E-state index is 0.0301. The van der Waals surface area contributed by atoms with Gasteiger partial charge in [0.2, 0.25) is 0 Å². The molecule has 2 fully saturated rings. The summed E-state index contributed by atoms with van der Waals surface area (Å²) >= 11 is 0. The van der Waals surface area contributed by atoms with Crippen molar-refractivity contribution in [2.24, 2.45) is 16.4 Å². The first-order valence-corrected chi connectivity index (χ1v) is 11.4. The van der Waals surface area contributed by atoms with E-state index < -0.39 is 15.8 Å². The lowest BCUT2D eigenvalue weighted by Gasteiger charge is -2.47. The number of fused-ring (bicyclic) bond motifs is 1. The molecule has 0 aromatic heterocycles. The second-order valence-electron chi connectivity index (χ2n) is 8.28. The Morgan fingerprint density at radius 2 is 1.89 bits per heavy atom. The van der Waals surface area contributed by atoms with E-state index in [1.165, 1.54) is 5.57 Å². The van der Waals surface area contributed by atoms with Crippen LogP contribution in [0.15, 0.2) is 45.9 Å². The third kappa shape index (κ3) is 3.63. The van der Waals surface area contributed by atoms with Gasteiger partial charge in [-0.3, -0.25) is 0 Å². The Bertz CT molecular complexity index is 885. The third-order valence-electron chi connectivity index (χ3n) is 6.43. The molecule has 2 aliphatic carbocycles. The monoisotopic (exact) mass is 404 g/mol. The molecule has 2 atom stereocenters. The van der Waals surface area contributed by atoms with Crippen LogP contribution in [0.1, 0.15) is 44.6 Å². The van der Waals surface area contributed by atoms with Crippen LogP contribution in [-0.2, 0) is 19.5 Å². The summed E-state index contributed by atoms with van der Waals surface area (Å²) in [4.78, 5) is 2.60. The zero-order chi connectivity index (χ0) is 19.8. The minimum atomic E-state index is -3.65. The predicted octanol–water partition coefficient (Wildman–Crippen LogP) is 3.53. The second kappa shape index (κ2) is 7.28. The molecule has 152 valence electrons. The molecule has 1 aromatic carbocycles. The molecule has 0 amide bonds. The van der Waals surface area contributed by atoms with E-state index in [2.05, 4.69) is 22.9 Å². The fraction of sp³-hybridized carbons (Fsp3) is 0.571. The summed E-state index contributed by atoms with van der Waals surface area (Å²) in [7, 11) is -3.65. The van der Waals surface area contributed by atoms with Crippen LogP contribution in [0.4, 0.5) is 0 Å². The lowest BCUT2D eigenvalue weighted by atomic mass is 9.59. The molecule has 4 rings (SSSR count). The molecular weight excluding hydrogens is 376 g/mol. The third-order valence-corrected chi connectivity index (χ3v) is 7.67. The summed E-state index contributed by atoms with van der Waals surface area (Å²) in [5.41, 5.74) is 2.34. The number of hydrogen-bond acceptors (Lipinski definition) is 5. The van der Waals surface area contributed by atoms with Crippen molar-refractivity contribution in [1.29, 1.82) is 0 Å². The topological polar surface area (TPSA) is 77.0 Å². The number of benzene rings is 1. The van der Waals surface area contributed by atoms with Gasteiger partial charge in [0.15, 0.2) is 5.79 Å². The number of nitrogens with zero attached hydrogens (tertiary/aromatic N) is 1. The zero-order valence-corrected chi connectivity index (χ0v) is 17.3. The SMILES string of the molecule is Cc1ccc(S(=O)(=O)N/N=C/[C@H]2CCCC3=CC4(CC[C@@]32C)OCCO4)cc1. The summed E-state index contributed by atoms with van der Waals surface area (Å²) in [5, 5.41) is 4.14. The molecule has 0 radical (unpaired) electrons. The highest BCUT2D eigenvalue weighted by Gasteiger charge is 2.48. The van der Waals surface area contributed by atoms with Crippen LogP contribution in [0.25, 0.3) is 0 Å². The maximum absolute atomic E-state index is 12.4. The van der Waals surface area contributed by atoms with Crippen molar-refractivity contribution >= 4 is 16.2 Å². The van der Waals surface area contributed by atoms with Crippen LogP contribution in [0.3, 0.4) is 0 Å². The van der Waals surface area contributed by atoms with Crippen LogP contribution in [-0.4, -0.2) is 33.6 Å². The first-order valence-electron chi connectivity index (χ1n) is 9.95. The Hall–Kier alpha value is -1.70. The van der Waals surface area contributed by atoms with Crippen molar-refractivity contribution in [3.05, 3.63) is 41.5 Å². The number of ether oxygens (including phenoxy) is 2. The first kappa shape index (κ1) is 19.6. The van der Waals surface area contributed by atoms with E-state index in [4.69, 9.17) is 9.47 Å². The van der Waals surface area contributed by atoms with E-state index in [1.54, 1.807) is 30.5 Å². The maximum atomic E-state index is 12.4. The molecule has 1 heterocycles. The summed E-state index contributed by atoms with van der Waals surface area (Å²) in [5.74, 6) is -0.354. The van der Waals surface area contributed by atoms with Crippen molar-refractivity contribution in [2.75, 3.05) is 13.2 Å². The Morgan fingerprint density at radius 3 is 2.61 bits per heavy atom. The van der Waals surface area contributed by atoms with Gasteiger partial charge in [-0.2, -0.15) is 13.5 Å². The Labute approximate surface area is 167 Å². The van der Waals surface area contributed by atoms with Crippen LogP contribution < -0.4 is 4.83 Å². The number of hydrogen-bond donors (Lipinski definition) is 1. The molecule has 0 bridgehead atoms. The quantitative estimate of drug-likeness (QED) is 0.473. The fourth-order valence-corrected chi connectivity index (χ4v) is 5.41. The van der Waals surface area contributed by atoms with E-state index >= 15 is 0 Å². The van der Waals surface area contributed by atoms with Gasteiger partial charge in [0.1, 0.15) is 0 Å². The van der Waals surface area contributed by atoms with Crippen molar-refractivity contribution < 1.29 is 17.9 Å². The molecule has 28 heavy (non-hydrogen) atoms. The van der Waals surface area contributed by atoms with Gasteiger partial charge in [0.05, 0.1) is 18.1 Å². The Morgan fingerprint density at radius 1 is 1.18 bits per heavy atom. The first-order chi connectivity index (χ1) is 13.3. The second-order valence-corrected chi connectivity index (χ2v) is 9.94. The van der Waals surface area contributed by atoms with Gasteiger partial charge in [-0.05, 0) is 56.2 Å². The van der Waals surface area contributed by atoms with E-state index in [0.29, 0.717) is 13.2 Å². The smallest absolute Gasteiger partial charge is 0.276 e. The molecule has 1 saturated carbocycles. The number of aryl methyl sites for hydroxylation is 1. The molecule has 1 N–H and O–H groups in total. The molecule has 1 aromatic rings. The van der Waals surface area contributed by atoms with Crippen LogP contribution >= 0.6 is 0 Å². The summed E-state index contributed by atoms with van der Waals surface area (Å²) in [6.07, 6.45) is 8.82. The molecule has 1 saturated heterocycles. The van der Waals surface area contributed by atoms with Gasteiger partial charge in [-0.25, -0.2) is 4.83 Å². The number of nitrogens with one attached hydrogen (secondary N) is 1. The average molecular weight is 405 g/mol. The van der Waals surface area contributed by atoms with Crippen molar-refractivity contribution in [1.82, 2.24) is 4.83 Å². The van der Waals surface area contributed by atoms with Crippen molar-refractivity contribution in [3.63, 3.8) is 0 Å². The van der Waals surface area contributed by atoms with E-state index in [0.717, 1.165) is 37.7 Å². The Kier molecular flexibility index (Phi) is 5.10. The maximum Gasteiger partial charge on any atom is 0.276 e. The lowest BCUT2D eigenvalue weighted by molar-refractivity contribution is -0.135. The number of allylic oxidation sites excluding steroid dienone is 1. The van der Waals surface area contributed by atoms with Crippen LogP contribution in [0.5, 0.6) is 0 Å². The minimum Gasteiger partial charge on any atom is -0.344 e. The molecule has 6 nitrogen and oxygen atoms in total. The van der Waals surface area contributed by atoms with Gasteiger partial charge >= 0.3 is 0 Å². The summed E-state index contributed by atoms with van der Waals surface area (Å²) in [6.45, 7) is 5.47. The highest BCUT2D eigenvalue weighted by Crippen LogP contribution is 2.53. The molecule has 7 heteroatoms. The Balaban J connectivity index is 1.49. The lowest BCUT2D eigenvalue weighted by Crippen LogP contribution is -2.43. The number of hydrazone groups is 1. The molecule has 3 aliphatic rings. The molecule has 1 spiro atoms. The van der Waals surface area contributed by atoms with E-state index in [9.17, 15) is 8.42 Å². The van der Waals surface area contributed by atoms with Gasteiger partial charge in [-0.1, -0.05) is 30.2 Å². The summed E-state index contributed by atoms with van der Waals surface area (Å²) in [6, 6.07) is 6.75. The zero-order valence-electron chi connectivity index (χ0n) is 16.5. The van der Waals surface area contributed by atoms with Gasteiger partial charge < -0.3 is 9.47 Å². The van der Waals surface area contributed by atoms with Crippen molar-refractivity contribution in [2.45, 2.75) is 56.6 Å². The van der Waals surface area contributed by atoms with E-state index in [1.807, 2.05) is 6.92 Å². The number of sulfonamides is 1. The van der Waals surface area contributed by atoms with Crippen molar-refractivity contribution in [3.8, 4) is 0 Å². The van der Waals surface area contributed by atoms with E-state index in [-0.39, 0.29) is 16.2 Å². The van der Waals surface area contributed by atoms with Gasteiger partial charge in [0, 0.05) is 18.6 Å². The average Bonchev–Trinajstić information content (AvgIpc) is 3.11. The largest absolute Gasteiger partial charge is 0.344 e.